The highest BCUT2D eigenvalue weighted by molar-refractivity contribution is 5.79. The van der Waals surface area contributed by atoms with Crippen LogP contribution in [0.1, 0.15) is 29.2 Å². The highest BCUT2D eigenvalue weighted by atomic mass is 19.4. The SMILES string of the molecule is O=C(Cc1cccnc1)N1C[C@@H](O)C[C@H]1c1cccc(C(F)(F)F)c1. The Hall–Kier alpha value is -2.41. The van der Waals surface area contributed by atoms with E-state index in [-0.39, 0.29) is 25.3 Å². The molecule has 0 aliphatic carbocycles. The zero-order valence-corrected chi connectivity index (χ0v) is 13.3. The molecule has 3 rings (SSSR count). The molecule has 1 aliphatic rings. The van der Waals surface area contributed by atoms with Gasteiger partial charge in [-0.15, -0.1) is 0 Å². The summed E-state index contributed by atoms with van der Waals surface area (Å²) in [5.41, 5.74) is 0.341. The molecule has 1 aromatic heterocycles. The van der Waals surface area contributed by atoms with Crippen LogP contribution >= 0.6 is 0 Å². The van der Waals surface area contributed by atoms with E-state index in [1.807, 2.05) is 0 Å². The van der Waals surface area contributed by atoms with Crippen molar-refractivity contribution in [2.75, 3.05) is 6.54 Å². The number of benzene rings is 1. The number of aliphatic hydroxyl groups is 1. The van der Waals surface area contributed by atoms with E-state index in [2.05, 4.69) is 4.98 Å². The summed E-state index contributed by atoms with van der Waals surface area (Å²) in [4.78, 5) is 18.0. The average molecular weight is 350 g/mol. The van der Waals surface area contributed by atoms with Gasteiger partial charge in [-0.05, 0) is 35.7 Å². The lowest BCUT2D eigenvalue weighted by Crippen LogP contribution is -2.33. The Morgan fingerprint density at radius 1 is 1.28 bits per heavy atom. The molecule has 2 aromatic rings. The summed E-state index contributed by atoms with van der Waals surface area (Å²) in [6.07, 6.45) is -1.71. The minimum Gasteiger partial charge on any atom is -0.391 e. The maximum Gasteiger partial charge on any atom is 0.416 e. The summed E-state index contributed by atoms with van der Waals surface area (Å²) in [5, 5.41) is 9.95. The lowest BCUT2D eigenvalue weighted by Gasteiger charge is -2.25. The van der Waals surface area contributed by atoms with E-state index in [1.165, 1.54) is 11.0 Å². The van der Waals surface area contributed by atoms with Crippen molar-refractivity contribution < 1.29 is 23.1 Å². The third-order valence-electron chi connectivity index (χ3n) is 4.28. The van der Waals surface area contributed by atoms with Crippen LogP contribution in [0.4, 0.5) is 13.2 Å². The van der Waals surface area contributed by atoms with Gasteiger partial charge in [-0.1, -0.05) is 18.2 Å². The molecule has 1 amide bonds. The standard InChI is InChI=1S/C18H17F3N2O2/c19-18(20,21)14-5-1-4-13(8-14)16-9-15(24)11-23(16)17(25)7-12-3-2-6-22-10-12/h1-6,8,10,15-16,24H,7,9,11H2/t15-,16-/m0/s1. The number of carbonyl (C=O) groups is 1. The van der Waals surface area contributed by atoms with Gasteiger partial charge in [0.15, 0.2) is 0 Å². The normalized spacial score (nSPS) is 20.7. The van der Waals surface area contributed by atoms with E-state index in [0.717, 1.165) is 17.7 Å². The van der Waals surface area contributed by atoms with Crippen LogP contribution in [-0.2, 0) is 17.4 Å². The molecule has 0 unspecified atom stereocenters. The maximum absolute atomic E-state index is 12.9. The monoisotopic (exact) mass is 350 g/mol. The molecule has 1 fully saturated rings. The fourth-order valence-corrected chi connectivity index (χ4v) is 3.11. The van der Waals surface area contributed by atoms with Gasteiger partial charge in [0.05, 0.1) is 24.1 Å². The molecule has 0 bridgehead atoms. The Morgan fingerprint density at radius 3 is 2.76 bits per heavy atom. The fourth-order valence-electron chi connectivity index (χ4n) is 3.11. The second-order valence-electron chi connectivity index (χ2n) is 6.11. The molecule has 2 heterocycles. The van der Waals surface area contributed by atoms with Crippen molar-refractivity contribution in [3.63, 3.8) is 0 Å². The van der Waals surface area contributed by atoms with Gasteiger partial charge < -0.3 is 10.0 Å². The lowest BCUT2D eigenvalue weighted by atomic mass is 10.0. The first-order chi connectivity index (χ1) is 11.8. The highest BCUT2D eigenvalue weighted by Crippen LogP contribution is 2.36. The van der Waals surface area contributed by atoms with Gasteiger partial charge in [0.2, 0.25) is 5.91 Å². The maximum atomic E-state index is 12.9. The molecule has 1 aliphatic heterocycles. The molecule has 1 N–H and O–H groups in total. The largest absolute Gasteiger partial charge is 0.416 e. The van der Waals surface area contributed by atoms with Crippen LogP contribution in [0.5, 0.6) is 0 Å². The van der Waals surface area contributed by atoms with Gasteiger partial charge in [0.1, 0.15) is 0 Å². The number of rotatable bonds is 3. The quantitative estimate of drug-likeness (QED) is 0.926. The average Bonchev–Trinajstić information content (AvgIpc) is 2.97. The van der Waals surface area contributed by atoms with E-state index < -0.39 is 23.9 Å². The second-order valence-corrected chi connectivity index (χ2v) is 6.11. The number of nitrogens with zero attached hydrogens (tertiary/aromatic N) is 2. The first kappa shape index (κ1) is 17.4. The molecule has 0 saturated carbocycles. The van der Waals surface area contributed by atoms with E-state index in [1.54, 1.807) is 30.6 Å². The molecule has 0 spiro atoms. The smallest absolute Gasteiger partial charge is 0.391 e. The molecule has 1 saturated heterocycles. The molecule has 25 heavy (non-hydrogen) atoms. The van der Waals surface area contributed by atoms with E-state index in [4.69, 9.17) is 0 Å². The lowest BCUT2D eigenvalue weighted by molar-refractivity contribution is -0.137. The number of hydrogen-bond acceptors (Lipinski definition) is 3. The Balaban J connectivity index is 1.83. The van der Waals surface area contributed by atoms with Gasteiger partial charge >= 0.3 is 6.18 Å². The number of carbonyl (C=O) groups excluding carboxylic acids is 1. The van der Waals surface area contributed by atoms with Gasteiger partial charge in [0.25, 0.3) is 0 Å². The molecular formula is C18H17F3N2O2. The second kappa shape index (κ2) is 6.84. The first-order valence-corrected chi connectivity index (χ1v) is 7.88. The highest BCUT2D eigenvalue weighted by Gasteiger charge is 2.37. The Morgan fingerprint density at radius 2 is 2.08 bits per heavy atom. The molecule has 1 aromatic carbocycles. The van der Waals surface area contributed by atoms with Crippen LogP contribution < -0.4 is 0 Å². The summed E-state index contributed by atoms with van der Waals surface area (Å²) in [5.74, 6) is -0.244. The fraction of sp³-hybridized carbons (Fsp3) is 0.333. The third-order valence-corrected chi connectivity index (χ3v) is 4.28. The summed E-state index contributed by atoms with van der Waals surface area (Å²) in [7, 11) is 0. The number of hydrogen-bond donors (Lipinski definition) is 1. The van der Waals surface area contributed by atoms with Crippen molar-refractivity contribution in [1.29, 1.82) is 0 Å². The number of amides is 1. The van der Waals surface area contributed by atoms with E-state index >= 15 is 0 Å². The van der Waals surface area contributed by atoms with Crippen molar-refractivity contribution in [1.82, 2.24) is 9.88 Å². The Labute approximate surface area is 142 Å². The molecule has 4 nitrogen and oxygen atoms in total. The molecule has 7 heteroatoms. The molecule has 0 radical (unpaired) electrons. The van der Waals surface area contributed by atoms with Crippen LogP contribution in [0.2, 0.25) is 0 Å². The van der Waals surface area contributed by atoms with Crippen LogP contribution in [0.25, 0.3) is 0 Å². The van der Waals surface area contributed by atoms with Crippen LogP contribution in [0, 0.1) is 0 Å². The first-order valence-electron chi connectivity index (χ1n) is 7.88. The number of aromatic nitrogens is 1. The molecule has 2 atom stereocenters. The van der Waals surface area contributed by atoms with E-state index in [0.29, 0.717) is 5.56 Å². The number of β-amino-alcohol motifs (C(OH)–C–C–N with tert-alkyl or cyclic N) is 1. The number of halogens is 3. The number of alkyl halides is 3. The van der Waals surface area contributed by atoms with Gasteiger partial charge in [-0.2, -0.15) is 13.2 Å². The summed E-state index contributed by atoms with van der Waals surface area (Å²) < 4.78 is 38.8. The number of pyridine rings is 1. The van der Waals surface area contributed by atoms with Crippen LogP contribution in [-0.4, -0.2) is 33.5 Å². The topological polar surface area (TPSA) is 53.4 Å². The zero-order valence-electron chi connectivity index (χ0n) is 13.3. The number of likely N-dealkylation sites (tertiary alicyclic amines) is 1. The molecular weight excluding hydrogens is 333 g/mol. The minimum absolute atomic E-state index is 0.0933. The van der Waals surface area contributed by atoms with E-state index in [9.17, 15) is 23.1 Å². The summed E-state index contributed by atoms with van der Waals surface area (Å²) >= 11 is 0. The third kappa shape index (κ3) is 3.99. The van der Waals surface area contributed by atoms with Crippen molar-refractivity contribution in [2.24, 2.45) is 0 Å². The number of aliphatic hydroxyl groups excluding tert-OH is 1. The van der Waals surface area contributed by atoms with Gasteiger partial charge in [-0.3, -0.25) is 9.78 Å². The van der Waals surface area contributed by atoms with Crippen molar-refractivity contribution in [3.05, 3.63) is 65.5 Å². The summed E-state index contributed by atoms with van der Waals surface area (Å²) in [6.45, 7) is 0.111. The summed E-state index contributed by atoms with van der Waals surface area (Å²) in [6, 6.07) is 7.84. The molecule has 132 valence electrons. The van der Waals surface area contributed by atoms with Gasteiger partial charge in [0, 0.05) is 18.9 Å². The predicted octanol–water partition coefficient (Wildman–Crippen LogP) is 2.98. The zero-order chi connectivity index (χ0) is 18.0. The van der Waals surface area contributed by atoms with Gasteiger partial charge in [-0.25, -0.2) is 0 Å². The van der Waals surface area contributed by atoms with Crippen LogP contribution in [0.3, 0.4) is 0 Å². The predicted molar refractivity (Wildman–Crippen MR) is 84.5 cm³/mol. The van der Waals surface area contributed by atoms with Crippen LogP contribution in [0.15, 0.2) is 48.8 Å². The van der Waals surface area contributed by atoms with Crippen molar-refractivity contribution in [2.45, 2.75) is 31.2 Å². The van der Waals surface area contributed by atoms with Crippen molar-refractivity contribution in [3.8, 4) is 0 Å². The Bertz CT molecular complexity index is 749. The van der Waals surface area contributed by atoms with Crippen molar-refractivity contribution >= 4 is 5.91 Å². The Kier molecular flexibility index (Phi) is 4.76. The minimum atomic E-state index is -4.45.